The second kappa shape index (κ2) is 25.1. The molecule has 32 heteroatoms. The van der Waals surface area contributed by atoms with Crippen LogP contribution in [0.1, 0.15) is 83.0 Å². The molecule has 0 bridgehead atoms. The fourth-order valence-electron chi connectivity index (χ4n) is 10.1. The number of nitrogens with one attached hydrogen (secondary N) is 3. The lowest BCUT2D eigenvalue weighted by molar-refractivity contribution is -0.139. The highest BCUT2D eigenvalue weighted by atomic mass is 19.4. The lowest BCUT2D eigenvalue weighted by Crippen LogP contribution is -2.31. The molecule has 10 aromatic heterocycles. The summed E-state index contributed by atoms with van der Waals surface area (Å²) in [5.41, 5.74) is -5.05. The van der Waals surface area contributed by atoms with Crippen LogP contribution < -0.4 is 10.5 Å². The minimum atomic E-state index is -4.93. The second-order valence-electron chi connectivity index (χ2n) is 21.4. The number of hydrogen-bond donors (Lipinski definition) is 4. The molecule has 1 aliphatic rings. The molecule has 0 atom stereocenters. The smallest absolute Gasteiger partial charge is 0.418 e. The molecule has 0 aliphatic carbocycles. The third-order valence-electron chi connectivity index (χ3n) is 14.0. The number of carbonyl (C=O) groups is 2. The van der Waals surface area contributed by atoms with Gasteiger partial charge < -0.3 is 29.7 Å². The normalized spacial score (nSPS) is 13.2. The van der Waals surface area contributed by atoms with Gasteiger partial charge in [0, 0.05) is 94.0 Å². The van der Waals surface area contributed by atoms with Crippen molar-refractivity contribution in [1.82, 2.24) is 59.8 Å². The van der Waals surface area contributed by atoms with Crippen LogP contribution in [0.15, 0.2) is 127 Å². The zero-order valence-electron chi connectivity index (χ0n) is 47.9. The van der Waals surface area contributed by atoms with Gasteiger partial charge in [0.25, 0.3) is 5.56 Å². The van der Waals surface area contributed by atoms with Crippen molar-refractivity contribution in [2.45, 2.75) is 70.3 Å². The van der Waals surface area contributed by atoms with E-state index in [1.165, 1.54) is 27.0 Å². The summed E-state index contributed by atoms with van der Waals surface area (Å²) in [6.45, 7) is 5.72. The van der Waals surface area contributed by atoms with E-state index >= 15 is 0 Å². The molecule has 2 aromatic carbocycles. The van der Waals surface area contributed by atoms with E-state index in [1.807, 2.05) is 59.5 Å². The van der Waals surface area contributed by atoms with E-state index in [-0.39, 0.29) is 28.4 Å². The number of fused-ring (bicyclic) bond motifs is 8. The molecule has 93 heavy (non-hydrogen) atoms. The van der Waals surface area contributed by atoms with Crippen molar-refractivity contribution in [3.8, 4) is 22.8 Å². The first-order valence-corrected chi connectivity index (χ1v) is 27.3. The standard InChI is InChI=1S/C24H19F3N6.C19H10F3N5O.C11H11F4NO2.C7H3F4NO2/c25-24(26,27)16-12-28-13-18-20(16)23(33-10-4-1-5-11-33)32-21(31-18)15-8-9-29-22-19(15)14-6-2-3-7-17(14)30-22;20-19(21,22)11-7-23-8-13-15(11)18(28)27-16(26-13)10-5-6-24-17-14(10)9-3-1-2-4-12(9)25-17;1-10(2,3)18-9(17)8-6(11(13,14)15)4-16-5-7(8)12;8-4-2-12-1-3(7(9,10)11)5(4)6(13)14/h2-3,6-9,12-13H,1,4-5,10-11H2,(H,29,30);1-8H,(H,24,25)(H,26,27,28);4-5H,1-3H3;1-2H,(H,13,14). The fraction of sp³-hybridized carbons (Fsp3) is 0.213. The van der Waals surface area contributed by atoms with Gasteiger partial charge in [-0.05, 0) is 64.3 Å². The molecular formula is C61H43F14N13O5. The van der Waals surface area contributed by atoms with Gasteiger partial charge in [0.05, 0.1) is 68.8 Å². The molecule has 0 spiro atoms. The number of aromatic nitrogens is 12. The lowest BCUT2D eigenvalue weighted by atomic mass is 10.1. The Balaban J connectivity index is 0.000000143. The molecule has 0 saturated carbocycles. The highest BCUT2D eigenvalue weighted by Gasteiger charge is 2.41. The Morgan fingerprint density at radius 2 is 0.968 bits per heavy atom. The maximum absolute atomic E-state index is 13.9. The number of aromatic carboxylic acids is 1. The maximum Gasteiger partial charge on any atom is 0.418 e. The minimum Gasteiger partial charge on any atom is -0.478 e. The predicted molar refractivity (Wildman–Crippen MR) is 309 cm³/mol. The molecule has 480 valence electrons. The van der Waals surface area contributed by atoms with Gasteiger partial charge in [-0.1, -0.05) is 36.4 Å². The molecular weight excluding hydrogens is 1260 g/mol. The number of esters is 1. The van der Waals surface area contributed by atoms with Crippen molar-refractivity contribution in [3.63, 3.8) is 0 Å². The highest BCUT2D eigenvalue weighted by Crippen LogP contribution is 2.42. The first-order valence-electron chi connectivity index (χ1n) is 27.3. The van der Waals surface area contributed by atoms with Crippen molar-refractivity contribution in [1.29, 1.82) is 0 Å². The molecule has 0 radical (unpaired) electrons. The van der Waals surface area contributed by atoms with Gasteiger partial charge in [0.1, 0.15) is 39.7 Å². The average Bonchev–Trinajstić information content (AvgIpc) is 1.74. The molecule has 1 saturated heterocycles. The average molecular weight is 1300 g/mol. The number of benzene rings is 2. The number of carbonyl (C=O) groups excluding carboxylic acids is 1. The first kappa shape index (κ1) is 65.1. The number of aromatic amines is 3. The number of para-hydroxylation sites is 2. The molecule has 1 aliphatic heterocycles. The minimum absolute atomic E-state index is 0.00683. The Hall–Kier alpha value is -10.8. The summed E-state index contributed by atoms with van der Waals surface area (Å²) in [7, 11) is 0. The lowest BCUT2D eigenvalue weighted by Gasteiger charge is -2.29. The summed E-state index contributed by atoms with van der Waals surface area (Å²) in [6, 6.07) is 18.8. The Labute approximate surface area is 511 Å². The van der Waals surface area contributed by atoms with Crippen LogP contribution in [0.4, 0.5) is 67.3 Å². The van der Waals surface area contributed by atoms with E-state index < -0.39 is 98.2 Å². The molecule has 18 nitrogen and oxygen atoms in total. The topological polar surface area (TPSA) is 247 Å². The van der Waals surface area contributed by atoms with Crippen molar-refractivity contribution in [3.05, 3.63) is 178 Å². The number of hydrogen-bond acceptors (Lipinski definition) is 14. The van der Waals surface area contributed by atoms with Crippen molar-refractivity contribution in [2.24, 2.45) is 0 Å². The number of piperidine rings is 1. The van der Waals surface area contributed by atoms with Crippen LogP contribution in [0.5, 0.6) is 0 Å². The summed E-state index contributed by atoms with van der Waals surface area (Å²) >= 11 is 0. The van der Waals surface area contributed by atoms with Gasteiger partial charge in [0.15, 0.2) is 17.5 Å². The van der Waals surface area contributed by atoms with Crippen LogP contribution in [0.2, 0.25) is 0 Å². The molecule has 13 rings (SSSR count). The molecule has 0 amide bonds. The van der Waals surface area contributed by atoms with E-state index in [0.29, 0.717) is 66.4 Å². The Bertz CT molecular complexity index is 4900. The Morgan fingerprint density at radius 3 is 1.47 bits per heavy atom. The van der Waals surface area contributed by atoms with Crippen LogP contribution in [-0.4, -0.2) is 95.5 Å². The second-order valence-corrected chi connectivity index (χ2v) is 21.4. The third-order valence-corrected chi connectivity index (χ3v) is 14.0. The largest absolute Gasteiger partial charge is 0.478 e. The summed E-state index contributed by atoms with van der Waals surface area (Å²) in [5, 5.41) is 11.2. The van der Waals surface area contributed by atoms with E-state index in [4.69, 9.17) is 14.8 Å². The highest BCUT2D eigenvalue weighted by molar-refractivity contribution is 6.13. The van der Waals surface area contributed by atoms with Gasteiger partial charge in [-0.25, -0.2) is 43.3 Å². The zero-order chi connectivity index (χ0) is 67.1. The van der Waals surface area contributed by atoms with E-state index in [9.17, 15) is 75.8 Å². The number of H-pyrrole nitrogens is 3. The molecule has 4 N–H and O–H groups in total. The number of pyridine rings is 6. The van der Waals surface area contributed by atoms with Crippen LogP contribution in [0.25, 0.3) is 88.5 Å². The van der Waals surface area contributed by atoms with Crippen LogP contribution >= 0.6 is 0 Å². The van der Waals surface area contributed by atoms with Gasteiger partial charge in [-0.3, -0.25) is 24.7 Å². The predicted octanol–water partition coefficient (Wildman–Crippen LogP) is 14.9. The number of ether oxygens (including phenoxy) is 1. The summed E-state index contributed by atoms with van der Waals surface area (Å²) < 4.78 is 186. The number of carboxylic acid groups (broad SMARTS) is 1. The summed E-state index contributed by atoms with van der Waals surface area (Å²) in [6.07, 6.45) is -7.34. The van der Waals surface area contributed by atoms with Gasteiger partial charge in [0.2, 0.25) is 0 Å². The quantitative estimate of drug-likeness (QED) is 0.0924. The maximum atomic E-state index is 13.9. The molecule has 11 heterocycles. The Kier molecular flexibility index (Phi) is 17.6. The summed E-state index contributed by atoms with van der Waals surface area (Å²) in [5.74, 6) is -5.38. The van der Waals surface area contributed by atoms with Crippen molar-refractivity contribution < 1.29 is 80.9 Å². The van der Waals surface area contributed by atoms with Crippen molar-refractivity contribution >= 4 is 83.4 Å². The van der Waals surface area contributed by atoms with Crippen LogP contribution in [0, 0.1) is 11.6 Å². The molecule has 0 unspecified atom stereocenters. The zero-order valence-corrected chi connectivity index (χ0v) is 47.9. The van der Waals surface area contributed by atoms with Gasteiger partial charge in [-0.15, -0.1) is 0 Å². The summed E-state index contributed by atoms with van der Waals surface area (Å²) in [4.78, 5) is 81.1. The number of anilines is 1. The third kappa shape index (κ3) is 13.8. The number of alkyl halides is 12. The molecule has 1 fully saturated rings. The number of nitrogens with zero attached hydrogens (tertiary/aromatic N) is 10. The number of carboxylic acids is 1. The van der Waals surface area contributed by atoms with E-state index in [1.54, 1.807) is 18.5 Å². The van der Waals surface area contributed by atoms with Crippen molar-refractivity contribution in [2.75, 3.05) is 18.0 Å². The van der Waals surface area contributed by atoms with Crippen LogP contribution in [-0.2, 0) is 29.4 Å². The Morgan fingerprint density at radius 1 is 0.516 bits per heavy atom. The number of halogens is 14. The molecule has 12 aromatic rings. The van der Waals surface area contributed by atoms with Gasteiger partial charge in [-0.2, -0.15) is 52.7 Å². The monoisotopic (exact) mass is 1300 g/mol. The van der Waals surface area contributed by atoms with Crippen LogP contribution in [0.3, 0.4) is 0 Å². The van der Waals surface area contributed by atoms with E-state index in [0.717, 1.165) is 69.8 Å². The number of rotatable bonds is 5. The SMILES string of the molecule is CC(C)(C)OC(=O)c1c(F)cncc1C(F)(F)F.FC(F)(F)c1cncc2nc(-c3ccnc4[nH]c5ccccc5c34)nc(N3CCCCC3)c12.O=C(O)c1c(F)cncc1C(F)(F)F.O=c1[nH]c(-c2ccnc3[nH]c4ccccc4c23)nc2cncc(C(F)(F)F)c12. The fourth-order valence-corrected chi connectivity index (χ4v) is 10.1. The van der Waals surface area contributed by atoms with Gasteiger partial charge >= 0.3 is 36.6 Å². The first-order chi connectivity index (χ1) is 43.8. The van der Waals surface area contributed by atoms with E-state index in [2.05, 4.69) is 54.8 Å².